The van der Waals surface area contributed by atoms with Crippen molar-refractivity contribution in [2.24, 2.45) is 5.41 Å². The standard InChI is InChI=1S/C15H31N3/c1-15(2)9-8-13(14(15)16-3)18(5)11-12-7-6-10-17(12)4/h12-14,16H,6-11H2,1-5H3. The van der Waals surface area contributed by atoms with Crippen LogP contribution in [-0.4, -0.2) is 62.2 Å². The van der Waals surface area contributed by atoms with Crippen LogP contribution in [0.25, 0.3) is 0 Å². The molecule has 3 unspecified atom stereocenters. The fourth-order valence-electron chi connectivity index (χ4n) is 4.10. The molecular formula is C15H31N3. The highest BCUT2D eigenvalue weighted by Crippen LogP contribution is 2.39. The van der Waals surface area contributed by atoms with Crippen LogP contribution >= 0.6 is 0 Å². The van der Waals surface area contributed by atoms with Crippen LogP contribution in [0.15, 0.2) is 0 Å². The summed E-state index contributed by atoms with van der Waals surface area (Å²) in [6, 6.07) is 2.12. The Kier molecular flexibility index (Phi) is 4.35. The van der Waals surface area contributed by atoms with E-state index in [0.717, 1.165) is 6.04 Å². The van der Waals surface area contributed by atoms with Gasteiger partial charge in [-0.15, -0.1) is 0 Å². The molecule has 1 N–H and O–H groups in total. The first-order valence-corrected chi connectivity index (χ1v) is 7.53. The Labute approximate surface area is 113 Å². The van der Waals surface area contributed by atoms with E-state index >= 15 is 0 Å². The minimum atomic E-state index is 0.440. The zero-order valence-corrected chi connectivity index (χ0v) is 12.9. The van der Waals surface area contributed by atoms with Crippen LogP contribution in [-0.2, 0) is 0 Å². The van der Waals surface area contributed by atoms with E-state index in [2.05, 4.69) is 50.1 Å². The van der Waals surface area contributed by atoms with E-state index in [-0.39, 0.29) is 0 Å². The second kappa shape index (κ2) is 5.48. The highest BCUT2D eigenvalue weighted by Gasteiger charge is 2.43. The molecule has 3 heteroatoms. The molecule has 2 aliphatic rings. The van der Waals surface area contributed by atoms with E-state index in [1.165, 1.54) is 38.8 Å². The topological polar surface area (TPSA) is 18.5 Å². The first-order chi connectivity index (χ1) is 8.45. The van der Waals surface area contributed by atoms with Gasteiger partial charge in [0, 0.05) is 24.7 Å². The zero-order valence-electron chi connectivity index (χ0n) is 12.9. The van der Waals surface area contributed by atoms with Crippen LogP contribution in [0, 0.1) is 5.41 Å². The molecule has 18 heavy (non-hydrogen) atoms. The van der Waals surface area contributed by atoms with Crippen molar-refractivity contribution >= 4 is 0 Å². The monoisotopic (exact) mass is 253 g/mol. The summed E-state index contributed by atoms with van der Waals surface area (Å²) in [5, 5.41) is 3.57. The van der Waals surface area contributed by atoms with Crippen molar-refractivity contribution in [3.8, 4) is 0 Å². The Balaban J connectivity index is 1.94. The first-order valence-electron chi connectivity index (χ1n) is 7.53. The lowest BCUT2D eigenvalue weighted by Gasteiger charge is -2.37. The molecule has 3 nitrogen and oxygen atoms in total. The quantitative estimate of drug-likeness (QED) is 0.824. The second-order valence-corrected chi connectivity index (χ2v) is 7.08. The predicted octanol–water partition coefficient (Wildman–Crippen LogP) is 1.79. The minimum absolute atomic E-state index is 0.440. The molecule has 1 saturated heterocycles. The molecule has 106 valence electrons. The van der Waals surface area contributed by atoms with Gasteiger partial charge in [-0.25, -0.2) is 0 Å². The molecule has 1 heterocycles. The van der Waals surface area contributed by atoms with Gasteiger partial charge in [-0.2, -0.15) is 0 Å². The smallest absolute Gasteiger partial charge is 0.0271 e. The normalized spacial score (nSPS) is 36.7. The third-order valence-corrected chi connectivity index (χ3v) is 5.36. The number of rotatable bonds is 4. The first kappa shape index (κ1) is 14.3. The van der Waals surface area contributed by atoms with E-state index in [4.69, 9.17) is 0 Å². The third-order valence-electron chi connectivity index (χ3n) is 5.36. The van der Waals surface area contributed by atoms with Gasteiger partial charge in [-0.3, -0.25) is 0 Å². The van der Waals surface area contributed by atoms with Crippen molar-refractivity contribution in [2.45, 2.75) is 57.7 Å². The van der Waals surface area contributed by atoms with Crippen molar-refractivity contribution < 1.29 is 0 Å². The number of likely N-dealkylation sites (N-methyl/N-ethyl adjacent to an activating group) is 3. The molecule has 0 aromatic carbocycles. The summed E-state index contributed by atoms with van der Waals surface area (Å²) < 4.78 is 0. The summed E-state index contributed by atoms with van der Waals surface area (Å²) in [6.45, 7) is 7.33. The van der Waals surface area contributed by atoms with E-state index in [0.29, 0.717) is 17.5 Å². The lowest BCUT2D eigenvalue weighted by atomic mass is 9.86. The van der Waals surface area contributed by atoms with Gasteiger partial charge >= 0.3 is 0 Å². The van der Waals surface area contributed by atoms with Gasteiger partial charge in [-0.05, 0) is 58.8 Å². The molecule has 0 bridgehead atoms. The molecule has 0 amide bonds. The molecule has 1 aliphatic heterocycles. The maximum Gasteiger partial charge on any atom is 0.0271 e. The summed E-state index contributed by atoms with van der Waals surface area (Å²) in [4.78, 5) is 5.15. The molecule has 1 aliphatic carbocycles. The SMILES string of the molecule is CNC1C(N(C)CC2CCCN2C)CCC1(C)C. The highest BCUT2D eigenvalue weighted by molar-refractivity contribution is 5.00. The molecule has 2 fully saturated rings. The molecule has 3 atom stereocenters. The summed E-state index contributed by atoms with van der Waals surface area (Å²) in [7, 11) is 6.72. The number of nitrogens with one attached hydrogen (secondary N) is 1. The Morgan fingerprint density at radius 2 is 2.06 bits per heavy atom. The van der Waals surface area contributed by atoms with Crippen LogP contribution in [0.4, 0.5) is 0 Å². The highest BCUT2D eigenvalue weighted by atomic mass is 15.2. The van der Waals surface area contributed by atoms with E-state index < -0.39 is 0 Å². The van der Waals surface area contributed by atoms with Gasteiger partial charge in [0.1, 0.15) is 0 Å². The van der Waals surface area contributed by atoms with Crippen LogP contribution in [0.3, 0.4) is 0 Å². The van der Waals surface area contributed by atoms with E-state index in [1.54, 1.807) is 0 Å². The average Bonchev–Trinajstić information content (AvgIpc) is 2.82. The molecule has 0 aromatic rings. The number of likely N-dealkylation sites (tertiary alicyclic amines) is 1. The molecular weight excluding hydrogens is 222 g/mol. The maximum atomic E-state index is 3.57. The molecule has 1 saturated carbocycles. The van der Waals surface area contributed by atoms with E-state index in [1.807, 2.05) is 0 Å². The molecule has 0 radical (unpaired) electrons. The Hall–Kier alpha value is -0.120. The maximum absolute atomic E-state index is 3.57. The number of hydrogen-bond acceptors (Lipinski definition) is 3. The number of hydrogen-bond donors (Lipinski definition) is 1. The van der Waals surface area contributed by atoms with Crippen LogP contribution < -0.4 is 5.32 Å². The zero-order chi connectivity index (χ0) is 13.3. The minimum Gasteiger partial charge on any atom is -0.315 e. The second-order valence-electron chi connectivity index (χ2n) is 7.08. The molecule has 2 rings (SSSR count). The number of nitrogens with zero attached hydrogens (tertiary/aromatic N) is 2. The molecule has 0 spiro atoms. The van der Waals surface area contributed by atoms with Crippen molar-refractivity contribution in [1.29, 1.82) is 0 Å². The molecule has 0 aromatic heterocycles. The third kappa shape index (κ3) is 2.73. The summed E-state index contributed by atoms with van der Waals surface area (Å²) in [5.41, 5.74) is 0.440. The predicted molar refractivity (Wildman–Crippen MR) is 77.9 cm³/mol. The fraction of sp³-hybridized carbons (Fsp3) is 1.00. The van der Waals surface area contributed by atoms with Gasteiger partial charge in [0.15, 0.2) is 0 Å². The van der Waals surface area contributed by atoms with Gasteiger partial charge in [-0.1, -0.05) is 13.8 Å². The van der Waals surface area contributed by atoms with Crippen molar-refractivity contribution in [2.75, 3.05) is 34.2 Å². The van der Waals surface area contributed by atoms with Crippen LogP contribution in [0.2, 0.25) is 0 Å². The van der Waals surface area contributed by atoms with Gasteiger partial charge in [0.05, 0.1) is 0 Å². The summed E-state index contributed by atoms with van der Waals surface area (Å²) >= 11 is 0. The summed E-state index contributed by atoms with van der Waals surface area (Å²) in [6.07, 6.45) is 5.43. The van der Waals surface area contributed by atoms with Gasteiger partial charge in [0.25, 0.3) is 0 Å². The summed E-state index contributed by atoms with van der Waals surface area (Å²) in [5.74, 6) is 0. The van der Waals surface area contributed by atoms with Gasteiger partial charge in [0.2, 0.25) is 0 Å². The van der Waals surface area contributed by atoms with Crippen LogP contribution in [0.1, 0.15) is 39.5 Å². The van der Waals surface area contributed by atoms with Gasteiger partial charge < -0.3 is 15.1 Å². The van der Waals surface area contributed by atoms with Crippen molar-refractivity contribution in [1.82, 2.24) is 15.1 Å². The van der Waals surface area contributed by atoms with E-state index in [9.17, 15) is 0 Å². The van der Waals surface area contributed by atoms with Crippen molar-refractivity contribution in [3.63, 3.8) is 0 Å². The largest absolute Gasteiger partial charge is 0.315 e. The average molecular weight is 253 g/mol. The Morgan fingerprint density at radius 1 is 1.33 bits per heavy atom. The fourth-order valence-corrected chi connectivity index (χ4v) is 4.10. The Morgan fingerprint density at radius 3 is 2.61 bits per heavy atom. The Bertz CT molecular complexity index is 277. The van der Waals surface area contributed by atoms with Crippen molar-refractivity contribution in [3.05, 3.63) is 0 Å². The lowest BCUT2D eigenvalue weighted by molar-refractivity contribution is 0.142. The lowest BCUT2D eigenvalue weighted by Crippen LogP contribution is -2.51. The van der Waals surface area contributed by atoms with Crippen LogP contribution in [0.5, 0.6) is 0 Å².